The molecule has 1 atom stereocenters. The second-order valence-corrected chi connectivity index (χ2v) is 7.72. The Morgan fingerprint density at radius 2 is 2.04 bits per heavy atom. The zero-order valence-electron chi connectivity index (χ0n) is 16.4. The number of para-hydroxylation sites is 1. The Balaban J connectivity index is 1.86. The van der Waals surface area contributed by atoms with E-state index in [1.54, 1.807) is 24.7 Å². The second-order valence-electron chi connectivity index (χ2n) is 6.41. The summed E-state index contributed by atoms with van der Waals surface area (Å²) in [6, 6.07) is 12.9. The molecule has 2 aromatic carbocycles. The minimum Gasteiger partial charge on any atom is -0.495 e. The van der Waals surface area contributed by atoms with Gasteiger partial charge in [-0.2, -0.15) is 0 Å². The van der Waals surface area contributed by atoms with E-state index in [0.29, 0.717) is 34.0 Å². The molecule has 1 heterocycles. The van der Waals surface area contributed by atoms with Gasteiger partial charge in [-0.3, -0.25) is 14.2 Å². The molecule has 0 fully saturated rings. The van der Waals surface area contributed by atoms with Crippen LogP contribution in [0.3, 0.4) is 0 Å². The molecule has 0 radical (unpaired) electrons. The molecule has 0 aliphatic rings. The summed E-state index contributed by atoms with van der Waals surface area (Å²) in [7, 11) is 1.57. The van der Waals surface area contributed by atoms with E-state index in [9.17, 15) is 9.59 Å². The number of fused-ring (bicyclic) bond motifs is 1. The average Bonchev–Trinajstić information content (AvgIpc) is 2.68. The number of rotatable bonds is 6. The summed E-state index contributed by atoms with van der Waals surface area (Å²) >= 11 is 1.27. The van der Waals surface area contributed by atoms with E-state index in [1.807, 2.05) is 50.2 Å². The topological polar surface area (TPSA) is 73.2 Å². The van der Waals surface area contributed by atoms with Crippen molar-refractivity contribution in [1.29, 1.82) is 0 Å². The number of carbonyl (C=O) groups excluding carboxylic acids is 1. The number of hydrogen-bond acceptors (Lipinski definition) is 5. The lowest BCUT2D eigenvalue weighted by Gasteiger charge is -2.16. The molecule has 0 saturated heterocycles. The molecular formula is C21H23N3O3S. The maximum Gasteiger partial charge on any atom is 0.262 e. The van der Waals surface area contributed by atoms with E-state index < -0.39 is 5.25 Å². The van der Waals surface area contributed by atoms with Crippen molar-refractivity contribution < 1.29 is 9.53 Å². The highest BCUT2D eigenvalue weighted by atomic mass is 32.2. The van der Waals surface area contributed by atoms with Gasteiger partial charge in [0.2, 0.25) is 5.91 Å². The van der Waals surface area contributed by atoms with Crippen LogP contribution < -0.4 is 15.6 Å². The van der Waals surface area contributed by atoms with Crippen molar-refractivity contribution in [2.24, 2.45) is 0 Å². The molecule has 0 bridgehead atoms. The molecule has 3 rings (SSSR count). The van der Waals surface area contributed by atoms with Crippen LogP contribution >= 0.6 is 11.8 Å². The first-order valence-corrected chi connectivity index (χ1v) is 9.94. The average molecular weight is 398 g/mol. The van der Waals surface area contributed by atoms with Crippen LogP contribution in [0.15, 0.2) is 52.4 Å². The van der Waals surface area contributed by atoms with Crippen molar-refractivity contribution in [2.75, 3.05) is 12.4 Å². The molecule has 3 aromatic rings. The van der Waals surface area contributed by atoms with Crippen molar-refractivity contribution in [3.05, 3.63) is 58.4 Å². The molecule has 0 aliphatic heterocycles. The number of nitrogens with zero attached hydrogens (tertiary/aromatic N) is 2. The first kappa shape index (κ1) is 19.9. The predicted octanol–water partition coefficient (Wildman–Crippen LogP) is 3.85. The van der Waals surface area contributed by atoms with E-state index in [-0.39, 0.29) is 11.5 Å². The lowest BCUT2D eigenvalue weighted by molar-refractivity contribution is -0.115. The third-order valence-corrected chi connectivity index (χ3v) is 5.50. The number of thioether (sulfide) groups is 1. The molecule has 146 valence electrons. The third-order valence-electron chi connectivity index (χ3n) is 4.41. The fourth-order valence-electron chi connectivity index (χ4n) is 2.88. The van der Waals surface area contributed by atoms with Gasteiger partial charge in [0.1, 0.15) is 5.75 Å². The van der Waals surface area contributed by atoms with Gasteiger partial charge in [-0.1, -0.05) is 30.0 Å². The lowest BCUT2D eigenvalue weighted by Crippen LogP contribution is -2.26. The summed E-state index contributed by atoms with van der Waals surface area (Å²) in [6.07, 6.45) is 0. The molecule has 1 aromatic heterocycles. The van der Waals surface area contributed by atoms with Gasteiger partial charge >= 0.3 is 0 Å². The number of methoxy groups -OCH3 is 1. The van der Waals surface area contributed by atoms with Crippen LogP contribution in [0, 0.1) is 6.92 Å². The molecule has 7 heteroatoms. The number of aryl methyl sites for hydroxylation is 1. The molecule has 28 heavy (non-hydrogen) atoms. The van der Waals surface area contributed by atoms with Crippen molar-refractivity contribution in [3.63, 3.8) is 0 Å². The number of hydrogen-bond donors (Lipinski definition) is 1. The molecule has 1 amide bonds. The summed E-state index contributed by atoms with van der Waals surface area (Å²) in [4.78, 5) is 30.1. The standard InChI is InChI=1S/C21H23N3O3S/c1-5-24-20(26)15-8-6-7-9-16(15)23-21(24)28-14(3)19(25)22-17-12-13(2)10-11-18(17)27-4/h6-12,14H,5H2,1-4H3,(H,22,25). The number of ether oxygens (including phenoxy) is 1. The van der Waals surface area contributed by atoms with Gasteiger partial charge < -0.3 is 10.1 Å². The van der Waals surface area contributed by atoms with Gasteiger partial charge in [0.25, 0.3) is 5.56 Å². The minimum atomic E-state index is -0.448. The SMILES string of the molecule is CCn1c(SC(C)C(=O)Nc2cc(C)ccc2OC)nc2ccccc2c1=O. The van der Waals surface area contributed by atoms with Crippen molar-refractivity contribution in [2.45, 2.75) is 37.7 Å². The van der Waals surface area contributed by atoms with Crippen molar-refractivity contribution >= 4 is 34.3 Å². The van der Waals surface area contributed by atoms with Crippen LogP contribution in [0.5, 0.6) is 5.75 Å². The van der Waals surface area contributed by atoms with E-state index in [4.69, 9.17) is 4.74 Å². The highest BCUT2D eigenvalue weighted by Gasteiger charge is 2.20. The van der Waals surface area contributed by atoms with Crippen LogP contribution in [-0.2, 0) is 11.3 Å². The van der Waals surface area contributed by atoms with E-state index in [2.05, 4.69) is 10.3 Å². The number of anilines is 1. The lowest BCUT2D eigenvalue weighted by atomic mass is 10.2. The maximum absolute atomic E-state index is 12.7. The predicted molar refractivity (Wildman–Crippen MR) is 113 cm³/mol. The zero-order valence-corrected chi connectivity index (χ0v) is 17.2. The summed E-state index contributed by atoms with van der Waals surface area (Å²) in [6.45, 7) is 6.12. The van der Waals surface area contributed by atoms with Crippen LogP contribution in [0.25, 0.3) is 10.9 Å². The quantitative estimate of drug-likeness (QED) is 0.505. The van der Waals surface area contributed by atoms with Gasteiger partial charge in [-0.05, 0) is 50.6 Å². The van der Waals surface area contributed by atoms with Crippen molar-refractivity contribution in [3.8, 4) is 5.75 Å². The first-order valence-electron chi connectivity index (χ1n) is 9.06. The first-order chi connectivity index (χ1) is 13.4. The Bertz CT molecular complexity index is 1080. The molecule has 1 unspecified atom stereocenters. The van der Waals surface area contributed by atoms with E-state index in [0.717, 1.165) is 5.56 Å². The van der Waals surface area contributed by atoms with Crippen LogP contribution in [0.2, 0.25) is 0 Å². The summed E-state index contributed by atoms with van der Waals surface area (Å²) < 4.78 is 6.92. The Morgan fingerprint density at radius 1 is 1.29 bits per heavy atom. The normalized spacial score (nSPS) is 12.0. The van der Waals surface area contributed by atoms with Crippen LogP contribution in [-0.4, -0.2) is 27.8 Å². The van der Waals surface area contributed by atoms with Crippen LogP contribution in [0.4, 0.5) is 5.69 Å². The Morgan fingerprint density at radius 3 is 2.75 bits per heavy atom. The molecule has 0 aliphatic carbocycles. The molecular weight excluding hydrogens is 374 g/mol. The third kappa shape index (κ3) is 4.04. The van der Waals surface area contributed by atoms with E-state index in [1.165, 1.54) is 11.8 Å². The van der Waals surface area contributed by atoms with Gasteiger partial charge in [-0.15, -0.1) is 0 Å². The van der Waals surface area contributed by atoms with Crippen LogP contribution in [0.1, 0.15) is 19.4 Å². The summed E-state index contributed by atoms with van der Waals surface area (Å²) in [5, 5.41) is 3.57. The summed E-state index contributed by atoms with van der Waals surface area (Å²) in [5.74, 6) is 0.421. The van der Waals surface area contributed by atoms with Gasteiger partial charge in [-0.25, -0.2) is 4.98 Å². The fourth-order valence-corrected chi connectivity index (χ4v) is 3.85. The number of benzene rings is 2. The minimum absolute atomic E-state index is 0.0939. The number of nitrogens with one attached hydrogen (secondary N) is 1. The Hall–Kier alpha value is -2.80. The summed E-state index contributed by atoms with van der Waals surface area (Å²) in [5.41, 5.74) is 2.18. The maximum atomic E-state index is 12.7. The Labute approximate surface area is 167 Å². The number of aromatic nitrogens is 2. The largest absolute Gasteiger partial charge is 0.495 e. The second kappa shape index (κ2) is 8.48. The van der Waals surface area contributed by atoms with Gasteiger partial charge in [0.05, 0.1) is 29.0 Å². The van der Waals surface area contributed by atoms with Gasteiger partial charge in [0.15, 0.2) is 5.16 Å². The number of amides is 1. The fraction of sp³-hybridized carbons (Fsp3) is 0.286. The molecule has 6 nitrogen and oxygen atoms in total. The van der Waals surface area contributed by atoms with E-state index >= 15 is 0 Å². The highest BCUT2D eigenvalue weighted by Crippen LogP contribution is 2.28. The number of carbonyl (C=O) groups is 1. The zero-order chi connectivity index (χ0) is 20.3. The van der Waals surface area contributed by atoms with Crippen molar-refractivity contribution in [1.82, 2.24) is 9.55 Å². The monoisotopic (exact) mass is 397 g/mol. The highest BCUT2D eigenvalue weighted by molar-refractivity contribution is 8.00. The molecule has 0 spiro atoms. The smallest absolute Gasteiger partial charge is 0.262 e. The van der Waals surface area contributed by atoms with Gasteiger partial charge in [0, 0.05) is 6.54 Å². The molecule has 1 N–H and O–H groups in total. The Kier molecular flexibility index (Phi) is 6.04. The molecule has 0 saturated carbocycles.